The number of benzene rings is 1. The van der Waals surface area contributed by atoms with Gasteiger partial charge in [0.1, 0.15) is 6.33 Å². The molecule has 0 radical (unpaired) electrons. The third kappa shape index (κ3) is 4.11. The molecule has 0 aliphatic heterocycles. The summed E-state index contributed by atoms with van der Waals surface area (Å²) in [6.07, 6.45) is 3.99. The second kappa shape index (κ2) is 8.33. The Morgan fingerprint density at radius 3 is 2.73 bits per heavy atom. The molecule has 0 fully saturated rings. The number of fused-ring (bicyclic) bond motifs is 1. The second-order valence-electron chi connectivity index (χ2n) is 5.67. The number of carbonyl (C=O) groups excluding carboxylic acids is 1. The first-order valence-corrected chi connectivity index (χ1v) is 8.67. The number of pyridine rings is 1. The van der Waals surface area contributed by atoms with Crippen LogP contribution < -0.4 is 14.8 Å². The van der Waals surface area contributed by atoms with Crippen LogP contribution >= 0.6 is 0 Å². The molecule has 0 saturated heterocycles. The van der Waals surface area contributed by atoms with Crippen LogP contribution in [0.25, 0.3) is 5.65 Å². The molecule has 1 N–H and O–H groups in total. The van der Waals surface area contributed by atoms with Crippen LogP contribution in [0.4, 0.5) is 0 Å². The Hall–Kier alpha value is -3.09. The van der Waals surface area contributed by atoms with Crippen LogP contribution in [0.5, 0.6) is 11.5 Å². The first-order chi connectivity index (χ1) is 12.7. The van der Waals surface area contributed by atoms with Crippen molar-refractivity contribution in [1.29, 1.82) is 0 Å². The summed E-state index contributed by atoms with van der Waals surface area (Å²) in [4.78, 5) is 12.3. The topological polar surface area (TPSA) is 77.8 Å². The van der Waals surface area contributed by atoms with Crippen molar-refractivity contribution < 1.29 is 14.3 Å². The predicted molar refractivity (Wildman–Crippen MR) is 97.8 cm³/mol. The van der Waals surface area contributed by atoms with Gasteiger partial charge in [0.05, 0.1) is 18.8 Å². The van der Waals surface area contributed by atoms with E-state index in [9.17, 15) is 4.79 Å². The third-order valence-corrected chi connectivity index (χ3v) is 3.86. The van der Waals surface area contributed by atoms with Gasteiger partial charge in [0.15, 0.2) is 17.1 Å². The summed E-state index contributed by atoms with van der Waals surface area (Å²) in [6.45, 7) is 5.57. The average Bonchev–Trinajstić information content (AvgIpc) is 3.12. The van der Waals surface area contributed by atoms with E-state index in [0.29, 0.717) is 37.4 Å². The van der Waals surface area contributed by atoms with E-state index in [1.165, 1.54) is 0 Å². The highest BCUT2D eigenvalue weighted by Crippen LogP contribution is 2.28. The Bertz CT molecular complexity index is 891. The van der Waals surface area contributed by atoms with Crippen LogP contribution in [0.1, 0.15) is 29.8 Å². The number of amides is 1. The van der Waals surface area contributed by atoms with Crippen molar-refractivity contribution in [3.63, 3.8) is 0 Å². The number of rotatable bonds is 8. The molecule has 1 aromatic carbocycles. The van der Waals surface area contributed by atoms with Crippen molar-refractivity contribution in [1.82, 2.24) is 19.9 Å². The van der Waals surface area contributed by atoms with Crippen molar-refractivity contribution in [3.8, 4) is 11.5 Å². The summed E-state index contributed by atoms with van der Waals surface area (Å²) >= 11 is 0. The minimum absolute atomic E-state index is 0.128. The van der Waals surface area contributed by atoms with Gasteiger partial charge in [-0.3, -0.25) is 9.20 Å². The summed E-state index contributed by atoms with van der Waals surface area (Å²) in [5.41, 5.74) is 2.35. The highest BCUT2D eigenvalue weighted by molar-refractivity contribution is 5.94. The summed E-state index contributed by atoms with van der Waals surface area (Å²) in [5.74, 6) is 1.34. The lowest BCUT2D eigenvalue weighted by atomic mass is 10.1. The van der Waals surface area contributed by atoms with Crippen LogP contribution in [-0.4, -0.2) is 40.3 Å². The molecule has 0 saturated carbocycles. The van der Waals surface area contributed by atoms with Crippen LogP contribution in [0.15, 0.2) is 42.9 Å². The van der Waals surface area contributed by atoms with E-state index in [2.05, 4.69) is 15.5 Å². The molecule has 2 aromatic heterocycles. The molecule has 0 atom stereocenters. The lowest BCUT2D eigenvalue weighted by Gasteiger charge is -2.12. The highest BCUT2D eigenvalue weighted by Gasteiger charge is 2.09. The van der Waals surface area contributed by atoms with Gasteiger partial charge in [-0.2, -0.15) is 0 Å². The Balaban J connectivity index is 1.59. The normalized spacial score (nSPS) is 10.7. The van der Waals surface area contributed by atoms with Crippen LogP contribution in [-0.2, 0) is 6.42 Å². The highest BCUT2D eigenvalue weighted by atomic mass is 16.5. The van der Waals surface area contributed by atoms with Gasteiger partial charge < -0.3 is 14.8 Å². The maximum Gasteiger partial charge on any atom is 0.252 e. The summed E-state index contributed by atoms with van der Waals surface area (Å²) in [7, 11) is 0. The quantitative estimate of drug-likeness (QED) is 0.672. The maximum absolute atomic E-state index is 12.3. The van der Waals surface area contributed by atoms with Crippen molar-refractivity contribution >= 4 is 11.6 Å². The largest absolute Gasteiger partial charge is 0.490 e. The number of nitrogens with zero attached hydrogens (tertiary/aromatic N) is 3. The zero-order valence-corrected chi connectivity index (χ0v) is 14.9. The van der Waals surface area contributed by atoms with Crippen molar-refractivity contribution in [2.24, 2.45) is 0 Å². The molecule has 136 valence electrons. The van der Waals surface area contributed by atoms with E-state index in [0.717, 1.165) is 17.1 Å². The van der Waals surface area contributed by atoms with E-state index >= 15 is 0 Å². The molecule has 26 heavy (non-hydrogen) atoms. The van der Waals surface area contributed by atoms with Gasteiger partial charge in [0, 0.05) is 12.7 Å². The SMILES string of the molecule is CCOc1ccc(CCNC(=O)c2ccc3nncn3c2)cc1OCC. The van der Waals surface area contributed by atoms with Gasteiger partial charge >= 0.3 is 0 Å². The van der Waals surface area contributed by atoms with Gasteiger partial charge in [-0.1, -0.05) is 6.07 Å². The van der Waals surface area contributed by atoms with E-state index in [-0.39, 0.29) is 5.91 Å². The van der Waals surface area contributed by atoms with Gasteiger partial charge in [0.2, 0.25) is 0 Å². The molecule has 0 aliphatic carbocycles. The van der Waals surface area contributed by atoms with Crippen molar-refractivity contribution in [3.05, 3.63) is 54.0 Å². The molecule has 0 bridgehead atoms. The number of nitrogens with one attached hydrogen (secondary N) is 1. The van der Waals surface area contributed by atoms with E-state index in [1.54, 1.807) is 29.1 Å². The first-order valence-electron chi connectivity index (χ1n) is 8.67. The maximum atomic E-state index is 12.3. The molecule has 3 rings (SSSR count). The van der Waals surface area contributed by atoms with Gasteiger partial charge in [-0.05, 0) is 50.1 Å². The van der Waals surface area contributed by atoms with Gasteiger partial charge in [0.25, 0.3) is 5.91 Å². The standard InChI is InChI=1S/C19H22N4O3/c1-3-25-16-7-5-14(11-17(16)26-4-2)9-10-20-19(24)15-6-8-18-22-21-13-23(18)12-15/h5-8,11-13H,3-4,9-10H2,1-2H3,(H,20,24). The van der Waals surface area contributed by atoms with Gasteiger partial charge in [-0.15, -0.1) is 10.2 Å². The van der Waals surface area contributed by atoms with Crippen molar-refractivity contribution in [2.75, 3.05) is 19.8 Å². The average molecular weight is 354 g/mol. The Morgan fingerprint density at radius 1 is 1.12 bits per heavy atom. The summed E-state index contributed by atoms with van der Waals surface area (Å²) in [5, 5.41) is 10.7. The zero-order valence-electron chi connectivity index (χ0n) is 14.9. The molecule has 2 heterocycles. The van der Waals surface area contributed by atoms with Crippen LogP contribution in [0, 0.1) is 0 Å². The number of hydrogen-bond acceptors (Lipinski definition) is 5. The van der Waals surface area contributed by atoms with Crippen molar-refractivity contribution in [2.45, 2.75) is 20.3 Å². The van der Waals surface area contributed by atoms with Crippen LogP contribution in [0.3, 0.4) is 0 Å². The minimum atomic E-state index is -0.128. The first kappa shape index (κ1) is 17.7. The van der Waals surface area contributed by atoms with E-state index < -0.39 is 0 Å². The molecule has 0 aliphatic rings. The summed E-state index contributed by atoms with van der Waals surface area (Å²) < 4.78 is 12.9. The lowest BCUT2D eigenvalue weighted by molar-refractivity contribution is 0.0953. The van der Waals surface area contributed by atoms with E-state index in [4.69, 9.17) is 9.47 Å². The fourth-order valence-corrected chi connectivity index (χ4v) is 2.64. The molecule has 0 spiro atoms. The molecule has 7 heteroatoms. The Morgan fingerprint density at radius 2 is 1.92 bits per heavy atom. The molecule has 0 unspecified atom stereocenters. The lowest BCUT2D eigenvalue weighted by Crippen LogP contribution is -2.25. The molecule has 3 aromatic rings. The minimum Gasteiger partial charge on any atom is -0.490 e. The smallest absolute Gasteiger partial charge is 0.252 e. The third-order valence-electron chi connectivity index (χ3n) is 3.86. The number of carbonyl (C=O) groups is 1. The zero-order chi connectivity index (χ0) is 18.4. The molecular weight excluding hydrogens is 332 g/mol. The second-order valence-corrected chi connectivity index (χ2v) is 5.67. The fraction of sp³-hybridized carbons (Fsp3) is 0.316. The molecule has 1 amide bonds. The summed E-state index contributed by atoms with van der Waals surface area (Å²) in [6, 6.07) is 9.37. The Labute approximate surface area is 152 Å². The fourth-order valence-electron chi connectivity index (χ4n) is 2.64. The monoisotopic (exact) mass is 354 g/mol. The number of aromatic nitrogens is 3. The van der Waals surface area contributed by atoms with E-state index in [1.807, 2.05) is 32.0 Å². The van der Waals surface area contributed by atoms with Gasteiger partial charge in [-0.25, -0.2) is 0 Å². The predicted octanol–water partition coefficient (Wildman–Crippen LogP) is 2.50. The number of ether oxygens (including phenoxy) is 2. The Kier molecular flexibility index (Phi) is 5.68. The molecule has 7 nitrogen and oxygen atoms in total. The van der Waals surface area contributed by atoms with Crippen LogP contribution in [0.2, 0.25) is 0 Å². The molecular formula is C19H22N4O3. The number of hydrogen-bond donors (Lipinski definition) is 1.